The van der Waals surface area contributed by atoms with Crippen molar-refractivity contribution in [1.82, 2.24) is 5.32 Å². The van der Waals surface area contributed by atoms with Gasteiger partial charge in [-0.2, -0.15) is 0 Å². The minimum atomic E-state index is -0.676. The molecule has 0 bridgehead atoms. The van der Waals surface area contributed by atoms with Gasteiger partial charge in [-0.1, -0.05) is 19.1 Å². The largest absolute Gasteiger partial charge is 0.309 e. The lowest BCUT2D eigenvalue weighted by Crippen LogP contribution is -2.25. The Kier molecular flexibility index (Phi) is 6.03. The molecule has 18 heavy (non-hydrogen) atoms. The molecule has 0 aliphatic rings. The molecular formula is C15H25NOS. The molecule has 0 aliphatic heterocycles. The van der Waals surface area contributed by atoms with Gasteiger partial charge in [0.25, 0.3) is 0 Å². The van der Waals surface area contributed by atoms with Gasteiger partial charge in [-0.3, -0.25) is 4.21 Å². The fraction of sp³-hybridized carbons (Fsp3) is 0.600. The van der Waals surface area contributed by atoms with E-state index in [0.717, 1.165) is 18.1 Å². The van der Waals surface area contributed by atoms with Crippen LogP contribution in [0.15, 0.2) is 12.1 Å². The smallest absolute Gasteiger partial charge is 0.0360 e. The van der Waals surface area contributed by atoms with Gasteiger partial charge in [0.05, 0.1) is 0 Å². The molecule has 2 nitrogen and oxygen atoms in total. The third kappa shape index (κ3) is 4.21. The lowest BCUT2D eigenvalue weighted by Gasteiger charge is -2.18. The van der Waals surface area contributed by atoms with Crippen molar-refractivity contribution in [3.63, 3.8) is 0 Å². The van der Waals surface area contributed by atoms with E-state index < -0.39 is 10.8 Å². The van der Waals surface area contributed by atoms with Crippen LogP contribution in [-0.4, -0.2) is 22.3 Å². The van der Waals surface area contributed by atoms with Crippen molar-refractivity contribution < 1.29 is 4.21 Å². The maximum Gasteiger partial charge on any atom is 0.0360 e. The van der Waals surface area contributed by atoms with Crippen LogP contribution in [0.3, 0.4) is 0 Å². The van der Waals surface area contributed by atoms with Crippen molar-refractivity contribution in [3.05, 3.63) is 34.4 Å². The highest BCUT2D eigenvalue weighted by molar-refractivity contribution is 7.84. The Labute approximate surface area is 114 Å². The third-order valence-electron chi connectivity index (χ3n) is 3.45. The number of rotatable bonds is 6. The molecule has 1 rings (SSSR count). The molecule has 0 aromatic heterocycles. The van der Waals surface area contributed by atoms with Crippen LogP contribution in [0.2, 0.25) is 0 Å². The van der Waals surface area contributed by atoms with Crippen molar-refractivity contribution in [3.8, 4) is 0 Å². The molecule has 2 atom stereocenters. The standard InChI is InChI=1S/C15H25NOS/c1-6-18(17)8-7-16-14(5)15-10-12(3)11(2)9-13(15)4/h9-10,14,16H,6-8H2,1-5H3. The Morgan fingerprint density at radius 2 is 1.78 bits per heavy atom. The molecular weight excluding hydrogens is 242 g/mol. The van der Waals surface area contributed by atoms with Crippen LogP contribution in [0.25, 0.3) is 0 Å². The summed E-state index contributed by atoms with van der Waals surface area (Å²) >= 11 is 0. The Morgan fingerprint density at radius 1 is 1.17 bits per heavy atom. The van der Waals surface area contributed by atoms with E-state index in [0.29, 0.717) is 6.04 Å². The maximum atomic E-state index is 11.4. The molecule has 3 heteroatoms. The Morgan fingerprint density at radius 3 is 2.39 bits per heavy atom. The summed E-state index contributed by atoms with van der Waals surface area (Å²) in [4.78, 5) is 0. The fourth-order valence-electron chi connectivity index (χ4n) is 2.09. The van der Waals surface area contributed by atoms with E-state index in [1.54, 1.807) is 0 Å². The van der Waals surface area contributed by atoms with Crippen molar-refractivity contribution in [2.75, 3.05) is 18.1 Å². The summed E-state index contributed by atoms with van der Waals surface area (Å²) in [5, 5.41) is 3.46. The summed E-state index contributed by atoms with van der Waals surface area (Å²) in [5.74, 6) is 1.49. The molecule has 0 radical (unpaired) electrons. The first-order chi connectivity index (χ1) is 8.45. The molecule has 0 spiro atoms. The van der Waals surface area contributed by atoms with Crippen molar-refractivity contribution >= 4 is 10.8 Å². The molecule has 0 saturated heterocycles. The predicted molar refractivity (Wildman–Crippen MR) is 80.6 cm³/mol. The van der Waals surface area contributed by atoms with Crippen LogP contribution < -0.4 is 5.32 Å². The molecule has 0 fully saturated rings. The van der Waals surface area contributed by atoms with Crippen LogP contribution in [-0.2, 0) is 10.8 Å². The number of nitrogens with one attached hydrogen (secondary N) is 1. The first kappa shape index (κ1) is 15.4. The molecule has 0 saturated carbocycles. The number of hydrogen-bond donors (Lipinski definition) is 1. The molecule has 0 heterocycles. The van der Waals surface area contributed by atoms with Crippen LogP contribution in [0.5, 0.6) is 0 Å². The first-order valence-corrected chi connectivity index (χ1v) is 8.10. The highest BCUT2D eigenvalue weighted by Crippen LogP contribution is 2.21. The van der Waals surface area contributed by atoms with Crippen LogP contribution in [0.4, 0.5) is 0 Å². The monoisotopic (exact) mass is 267 g/mol. The van der Waals surface area contributed by atoms with Gasteiger partial charge in [0, 0.05) is 34.9 Å². The molecule has 0 amide bonds. The average Bonchev–Trinajstić information content (AvgIpc) is 2.33. The molecule has 2 unspecified atom stereocenters. The van der Waals surface area contributed by atoms with E-state index in [-0.39, 0.29) is 0 Å². The van der Waals surface area contributed by atoms with E-state index in [1.807, 2.05) is 6.92 Å². The lowest BCUT2D eigenvalue weighted by atomic mass is 9.96. The van der Waals surface area contributed by atoms with Gasteiger partial charge in [-0.25, -0.2) is 0 Å². The lowest BCUT2D eigenvalue weighted by molar-refractivity contribution is 0.593. The second-order valence-corrected chi connectivity index (χ2v) is 6.77. The van der Waals surface area contributed by atoms with Crippen LogP contribution in [0, 0.1) is 20.8 Å². The zero-order valence-corrected chi connectivity index (χ0v) is 13.0. The zero-order valence-electron chi connectivity index (χ0n) is 12.2. The summed E-state index contributed by atoms with van der Waals surface area (Å²) in [6, 6.07) is 4.82. The predicted octanol–water partition coefficient (Wildman–Crippen LogP) is 3.03. The van der Waals surface area contributed by atoms with Gasteiger partial charge in [0.2, 0.25) is 0 Å². The normalized spacial score (nSPS) is 14.5. The summed E-state index contributed by atoms with van der Waals surface area (Å²) in [6.45, 7) is 11.4. The highest BCUT2D eigenvalue weighted by atomic mass is 32.2. The van der Waals surface area contributed by atoms with E-state index in [1.165, 1.54) is 22.3 Å². The first-order valence-electron chi connectivity index (χ1n) is 6.61. The van der Waals surface area contributed by atoms with E-state index in [9.17, 15) is 4.21 Å². The molecule has 1 aromatic rings. The summed E-state index contributed by atoms with van der Waals surface area (Å²) in [6.07, 6.45) is 0. The SMILES string of the molecule is CCS(=O)CCNC(C)c1cc(C)c(C)cc1C. The van der Waals surface area contributed by atoms with E-state index >= 15 is 0 Å². The van der Waals surface area contributed by atoms with Gasteiger partial charge in [-0.15, -0.1) is 0 Å². The van der Waals surface area contributed by atoms with Crippen LogP contribution in [0.1, 0.15) is 42.1 Å². The van der Waals surface area contributed by atoms with Gasteiger partial charge in [-0.05, 0) is 49.9 Å². The number of benzene rings is 1. The number of aryl methyl sites for hydroxylation is 3. The molecule has 1 N–H and O–H groups in total. The molecule has 102 valence electrons. The van der Waals surface area contributed by atoms with Crippen molar-refractivity contribution in [2.24, 2.45) is 0 Å². The quantitative estimate of drug-likeness (QED) is 0.858. The third-order valence-corrected chi connectivity index (χ3v) is 4.75. The average molecular weight is 267 g/mol. The fourth-order valence-corrected chi connectivity index (χ4v) is 2.73. The van der Waals surface area contributed by atoms with Gasteiger partial charge >= 0.3 is 0 Å². The molecule has 0 aliphatic carbocycles. The maximum absolute atomic E-state index is 11.4. The summed E-state index contributed by atoms with van der Waals surface area (Å²) in [7, 11) is -0.676. The van der Waals surface area contributed by atoms with Gasteiger partial charge in [0.1, 0.15) is 0 Å². The van der Waals surface area contributed by atoms with Crippen LogP contribution >= 0.6 is 0 Å². The van der Waals surface area contributed by atoms with E-state index in [2.05, 4.69) is 45.1 Å². The zero-order chi connectivity index (χ0) is 13.7. The van der Waals surface area contributed by atoms with E-state index in [4.69, 9.17) is 0 Å². The van der Waals surface area contributed by atoms with Gasteiger partial charge in [0.15, 0.2) is 0 Å². The Balaban J connectivity index is 2.64. The minimum Gasteiger partial charge on any atom is -0.309 e. The second kappa shape index (κ2) is 7.05. The summed E-state index contributed by atoms with van der Waals surface area (Å²) < 4.78 is 11.4. The molecule has 1 aromatic carbocycles. The highest BCUT2D eigenvalue weighted by Gasteiger charge is 2.09. The second-order valence-electron chi connectivity index (χ2n) is 4.90. The summed E-state index contributed by atoms with van der Waals surface area (Å²) in [5.41, 5.74) is 5.35. The number of hydrogen-bond acceptors (Lipinski definition) is 2. The Hall–Kier alpha value is -0.670. The van der Waals surface area contributed by atoms with Crippen molar-refractivity contribution in [1.29, 1.82) is 0 Å². The minimum absolute atomic E-state index is 0.318. The van der Waals surface area contributed by atoms with Gasteiger partial charge < -0.3 is 5.32 Å². The Bertz CT molecular complexity index is 429. The van der Waals surface area contributed by atoms with Crippen molar-refractivity contribution in [2.45, 2.75) is 40.7 Å². The topological polar surface area (TPSA) is 29.1 Å².